The molecule has 0 aliphatic carbocycles. The maximum atomic E-state index is 5.90. The van der Waals surface area contributed by atoms with Crippen LogP contribution in [-0.2, 0) is 11.3 Å². The monoisotopic (exact) mass is 253 g/mol. The standard InChI is InChI=1S/C14H27N3O/c1-6-9-15-12(14(4,5)18-8-3)13-16-10-11-17(13)7-2/h10-12,15H,6-9H2,1-5H3. The molecule has 4 nitrogen and oxygen atoms in total. The van der Waals surface area contributed by atoms with Crippen LogP contribution in [0.2, 0.25) is 0 Å². The van der Waals surface area contributed by atoms with E-state index < -0.39 is 0 Å². The number of hydrogen-bond donors (Lipinski definition) is 1. The molecule has 0 aliphatic rings. The van der Waals surface area contributed by atoms with E-state index in [0.717, 1.165) is 25.3 Å². The Labute approximate surface area is 111 Å². The second-order valence-electron chi connectivity index (χ2n) is 5.00. The summed E-state index contributed by atoms with van der Waals surface area (Å²) in [5, 5.41) is 3.56. The maximum absolute atomic E-state index is 5.90. The second-order valence-corrected chi connectivity index (χ2v) is 5.00. The molecule has 1 aromatic rings. The van der Waals surface area contributed by atoms with Gasteiger partial charge >= 0.3 is 0 Å². The van der Waals surface area contributed by atoms with Crippen molar-refractivity contribution in [3.05, 3.63) is 18.2 Å². The first kappa shape index (κ1) is 15.2. The smallest absolute Gasteiger partial charge is 0.128 e. The molecular weight excluding hydrogens is 226 g/mol. The highest BCUT2D eigenvalue weighted by molar-refractivity contribution is 5.06. The van der Waals surface area contributed by atoms with Gasteiger partial charge in [-0.05, 0) is 40.7 Å². The fraction of sp³-hybridized carbons (Fsp3) is 0.786. The number of nitrogens with one attached hydrogen (secondary N) is 1. The number of nitrogens with zero attached hydrogens (tertiary/aromatic N) is 2. The van der Waals surface area contributed by atoms with E-state index in [2.05, 4.69) is 42.6 Å². The van der Waals surface area contributed by atoms with Crippen molar-refractivity contribution < 1.29 is 4.74 Å². The van der Waals surface area contributed by atoms with Gasteiger partial charge in [0, 0.05) is 25.5 Å². The van der Waals surface area contributed by atoms with Gasteiger partial charge < -0.3 is 14.6 Å². The molecule has 1 N–H and O–H groups in total. The summed E-state index contributed by atoms with van der Waals surface area (Å²) in [7, 11) is 0. The highest BCUT2D eigenvalue weighted by Gasteiger charge is 2.33. The lowest BCUT2D eigenvalue weighted by Crippen LogP contribution is -2.43. The predicted octanol–water partition coefficient (Wildman–Crippen LogP) is 2.76. The Morgan fingerprint density at radius 3 is 2.67 bits per heavy atom. The van der Waals surface area contributed by atoms with Gasteiger partial charge in [-0.1, -0.05) is 6.92 Å². The molecule has 4 heteroatoms. The summed E-state index contributed by atoms with van der Waals surface area (Å²) in [5.41, 5.74) is -0.262. The molecule has 0 saturated carbocycles. The number of aromatic nitrogens is 2. The van der Waals surface area contributed by atoms with Crippen LogP contribution in [0.15, 0.2) is 12.4 Å². The fourth-order valence-corrected chi connectivity index (χ4v) is 2.24. The van der Waals surface area contributed by atoms with Crippen LogP contribution < -0.4 is 5.32 Å². The van der Waals surface area contributed by atoms with Crippen LogP contribution in [0.1, 0.15) is 52.9 Å². The molecule has 1 heterocycles. The Morgan fingerprint density at radius 2 is 2.11 bits per heavy atom. The minimum Gasteiger partial charge on any atom is -0.374 e. The van der Waals surface area contributed by atoms with Gasteiger partial charge in [0.15, 0.2) is 0 Å². The third-order valence-corrected chi connectivity index (χ3v) is 3.16. The van der Waals surface area contributed by atoms with E-state index in [4.69, 9.17) is 4.74 Å². The molecule has 1 aromatic heterocycles. The van der Waals surface area contributed by atoms with Gasteiger partial charge in [-0.15, -0.1) is 0 Å². The van der Waals surface area contributed by atoms with Gasteiger partial charge in [-0.2, -0.15) is 0 Å². The Morgan fingerprint density at radius 1 is 1.39 bits per heavy atom. The van der Waals surface area contributed by atoms with Gasteiger partial charge in [-0.3, -0.25) is 0 Å². The number of aryl methyl sites for hydroxylation is 1. The van der Waals surface area contributed by atoms with E-state index in [1.54, 1.807) is 0 Å². The molecule has 0 aromatic carbocycles. The van der Waals surface area contributed by atoms with Crippen molar-refractivity contribution in [2.24, 2.45) is 0 Å². The summed E-state index contributed by atoms with van der Waals surface area (Å²) in [6.07, 6.45) is 4.99. The van der Waals surface area contributed by atoms with Crippen molar-refractivity contribution in [1.82, 2.24) is 14.9 Å². The summed E-state index contributed by atoms with van der Waals surface area (Å²) in [6, 6.07) is 0.118. The van der Waals surface area contributed by atoms with Crippen molar-refractivity contribution in [2.45, 2.75) is 59.2 Å². The van der Waals surface area contributed by atoms with E-state index >= 15 is 0 Å². The lowest BCUT2D eigenvalue weighted by atomic mass is 9.97. The minimum atomic E-state index is -0.262. The van der Waals surface area contributed by atoms with Crippen LogP contribution in [0, 0.1) is 0 Å². The van der Waals surface area contributed by atoms with E-state index in [1.165, 1.54) is 0 Å². The molecule has 0 aliphatic heterocycles. The average Bonchev–Trinajstić information content (AvgIpc) is 2.77. The molecule has 0 bridgehead atoms. The summed E-state index contributed by atoms with van der Waals surface area (Å²) in [6.45, 7) is 13.2. The van der Waals surface area contributed by atoms with Crippen LogP contribution >= 0.6 is 0 Å². The largest absolute Gasteiger partial charge is 0.374 e. The summed E-state index contributed by atoms with van der Waals surface area (Å²) in [4.78, 5) is 4.51. The molecule has 18 heavy (non-hydrogen) atoms. The second kappa shape index (κ2) is 6.90. The normalized spacial score (nSPS) is 13.8. The summed E-state index contributed by atoms with van der Waals surface area (Å²) in [5.74, 6) is 1.06. The SMILES string of the molecule is CCCNC(c1nccn1CC)C(C)(C)OCC. The van der Waals surface area contributed by atoms with E-state index in [-0.39, 0.29) is 11.6 Å². The van der Waals surface area contributed by atoms with Crippen molar-refractivity contribution >= 4 is 0 Å². The van der Waals surface area contributed by atoms with Crippen LogP contribution in [-0.4, -0.2) is 28.3 Å². The van der Waals surface area contributed by atoms with Crippen molar-refractivity contribution in [3.8, 4) is 0 Å². The zero-order chi connectivity index (χ0) is 13.6. The van der Waals surface area contributed by atoms with Gasteiger partial charge in [-0.25, -0.2) is 4.98 Å². The van der Waals surface area contributed by atoms with Gasteiger partial charge in [0.2, 0.25) is 0 Å². The van der Waals surface area contributed by atoms with Crippen molar-refractivity contribution in [3.63, 3.8) is 0 Å². The molecule has 0 radical (unpaired) electrons. The van der Waals surface area contributed by atoms with Crippen LogP contribution in [0.5, 0.6) is 0 Å². The number of rotatable bonds is 8. The number of hydrogen-bond acceptors (Lipinski definition) is 3. The van der Waals surface area contributed by atoms with Gasteiger partial charge in [0.05, 0.1) is 11.6 Å². The van der Waals surface area contributed by atoms with Crippen molar-refractivity contribution in [1.29, 1.82) is 0 Å². The Balaban J connectivity index is 2.97. The first-order chi connectivity index (χ1) is 8.56. The molecule has 0 spiro atoms. The molecule has 1 atom stereocenters. The highest BCUT2D eigenvalue weighted by Crippen LogP contribution is 2.28. The molecule has 1 unspecified atom stereocenters. The van der Waals surface area contributed by atoms with Crippen LogP contribution in [0.4, 0.5) is 0 Å². The Kier molecular flexibility index (Phi) is 5.82. The zero-order valence-electron chi connectivity index (χ0n) is 12.4. The van der Waals surface area contributed by atoms with E-state index in [9.17, 15) is 0 Å². The Bertz CT molecular complexity index is 347. The third kappa shape index (κ3) is 3.56. The predicted molar refractivity (Wildman–Crippen MR) is 74.6 cm³/mol. The maximum Gasteiger partial charge on any atom is 0.128 e. The molecular formula is C14H27N3O. The average molecular weight is 253 g/mol. The topological polar surface area (TPSA) is 39.1 Å². The first-order valence-electron chi connectivity index (χ1n) is 6.95. The number of ether oxygens (including phenoxy) is 1. The third-order valence-electron chi connectivity index (χ3n) is 3.16. The zero-order valence-corrected chi connectivity index (χ0v) is 12.4. The summed E-state index contributed by atoms with van der Waals surface area (Å²) >= 11 is 0. The Hall–Kier alpha value is -0.870. The van der Waals surface area contributed by atoms with Crippen LogP contribution in [0.3, 0.4) is 0 Å². The summed E-state index contributed by atoms with van der Waals surface area (Å²) < 4.78 is 8.07. The first-order valence-corrected chi connectivity index (χ1v) is 6.95. The van der Waals surface area contributed by atoms with E-state index in [1.807, 2.05) is 19.3 Å². The minimum absolute atomic E-state index is 0.118. The quantitative estimate of drug-likeness (QED) is 0.774. The van der Waals surface area contributed by atoms with Gasteiger partial charge in [0.25, 0.3) is 0 Å². The van der Waals surface area contributed by atoms with Crippen LogP contribution in [0.25, 0.3) is 0 Å². The molecule has 0 saturated heterocycles. The molecule has 0 amide bonds. The molecule has 104 valence electrons. The number of imidazole rings is 1. The lowest BCUT2D eigenvalue weighted by molar-refractivity contribution is -0.0419. The lowest BCUT2D eigenvalue weighted by Gasteiger charge is -2.34. The van der Waals surface area contributed by atoms with Gasteiger partial charge in [0.1, 0.15) is 5.82 Å². The molecule has 0 fully saturated rings. The fourth-order valence-electron chi connectivity index (χ4n) is 2.24. The molecule has 1 rings (SSSR count). The highest BCUT2D eigenvalue weighted by atomic mass is 16.5. The van der Waals surface area contributed by atoms with E-state index in [0.29, 0.717) is 6.61 Å². The van der Waals surface area contributed by atoms with Crippen molar-refractivity contribution in [2.75, 3.05) is 13.2 Å².